The number of hydrogen-bond acceptors (Lipinski definition) is 3. The van der Waals surface area contributed by atoms with Crippen molar-refractivity contribution in [2.75, 3.05) is 14.2 Å². The molecule has 2 rings (SSSR count). The van der Waals surface area contributed by atoms with Gasteiger partial charge in [-0.25, -0.2) is 0 Å². The molecule has 0 saturated heterocycles. The Morgan fingerprint density at radius 1 is 1.41 bits per heavy atom. The van der Waals surface area contributed by atoms with Gasteiger partial charge in [-0.2, -0.15) is 0 Å². The Hall–Kier alpha value is -1.48. The van der Waals surface area contributed by atoms with Crippen molar-refractivity contribution in [2.24, 2.45) is 0 Å². The van der Waals surface area contributed by atoms with E-state index in [9.17, 15) is 0 Å². The monoisotopic (exact) mass is 233 g/mol. The molecule has 0 spiro atoms. The summed E-state index contributed by atoms with van der Waals surface area (Å²) in [5, 5.41) is 4.38. The summed E-state index contributed by atoms with van der Waals surface area (Å²) in [5.41, 5.74) is 0.835. The number of fused-ring (bicyclic) bond motifs is 1. The van der Waals surface area contributed by atoms with Crippen LogP contribution in [0.3, 0.4) is 0 Å². The van der Waals surface area contributed by atoms with Gasteiger partial charge in [0, 0.05) is 5.39 Å². The van der Waals surface area contributed by atoms with E-state index >= 15 is 0 Å². The van der Waals surface area contributed by atoms with E-state index in [2.05, 4.69) is 18.3 Å². The van der Waals surface area contributed by atoms with Crippen molar-refractivity contribution in [3.05, 3.63) is 30.0 Å². The lowest BCUT2D eigenvalue weighted by Gasteiger charge is -2.11. The standard InChI is InChI=1S/C14H19NO2/c1-4-6-11(15-2)13-9-10-7-5-8-12(16-3)14(10)17-13/h5,7-9,11,15H,4,6H2,1-3H3. The van der Waals surface area contributed by atoms with Gasteiger partial charge in [-0.1, -0.05) is 25.5 Å². The molecule has 0 bridgehead atoms. The molecule has 0 amide bonds. The summed E-state index contributed by atoms with van der Waals surface area (Å²) in [7, 11) is 3.63. The first-order valence-corrected chi connectivity index (χ1v) is 6.03. The highest BCUT2D eigenvalue weighted by Crippen LogP contribution is 2.31. The van der Waals surface area contributed by atoms with Gasteiger partial charge in [0.15, 0.2) is 11.3 Å². The second-order valence-electron chi connectivity index (χ2n) is 4.16. The third-order valence-corrected chi connectivity index (χ3v) is 3.02. The fourth-order valence-corrected chi connectivity index (χ4v) is 2.11. The molecule has 2 aromatic rings. The van der Waals surface area contributed by atoms with Gasteiger partial charge >= 0.3 is 0 Å². The topological polar surface area (TPSA) is 34.4 Å². The first-order valence-electron chi connectivity index (χ1n) is 6.03. The molecule has 1 N–H and O–H groups in total. The van der Waals surface area contributed by atoms with Crippen LogP contribution in [0.4, 0.5) is 0 Å². The Bertz CT molecular complexity index is 490. The lowest BCUT2D eigenvalue weighted by Crippen LogP contribution is -2.15. The van der Waals surface area contributed by atoms with Crippen LogP contribution in [0.5, 0.6) is 5.75 Å². The SMILES string of the molecule is CCCC(NC)c1cc2cccc(OC)c2o1. The maximum atomic E-state index is 5.91. The van der Waals surface area contributed by atoms with E-state index in [4.69, 9.17) is 9.15 Å². The molecular weight excluding hydrogens is 214 g/mol. The zero-order valence-electron chi connectivity index (χ0n) is 10.6. The number of nitrogens with one attached hydrogen (secondary N) is 1. The lowest BCUT2D eigenvalue weighted by atomic mass is 10.1. The van der Waals surface area contributed by atoms with E-state index in [-0.39, 0.29) is 6.04 Å². The third-order valence-electron chi connectivity index (χ3n) is 3.02. The third kappa shape index (κ3) is 2.29. The summed E-state index contributed by atoms with van der Waals surface area (Å²) < 4.78 is 11.2. The Morgan fingerprint density at radius 3 is 2.88 bits per heavy atom. The van der Waals surface area contributed by atoms with E-state index in [1.54, 1.807) is 7.11 Å². The number of benzene rings is 1. The fraction of sp³-hybridized carbons (Fsp3) is 0.429. The summed E-state index contributed by atoms with van der Waals surface area (Å²) in [6, 6.07) is 8.31. The van der Waals surface area contributed by atoms with Gasteiger partial charge in [0.05, 0.1) is 13.2 Å². The van der Waals surface area contributed by atoms with Crippen molar-refractivity contribution >= 4 is 11.0 Å². The molecule has 0 aliphatic rings. The van der Waals surface area contributed by atoms with Gasteiger partial charge in [0.1, 0.15) is 5.76 Å². The van der Waals surface area contributed by atoms with Crippen LogP contribution in [-0.4, -0.2) is 14.2 Å². The van der Waals surface area contributed by atoms with Crippen molar-refractivity contribution in [1.82, 2.24) is 5.32 Å². The van der Waals surface area contributed by atoms with Gasteiger partial charge in [0.25, 0.3) is 0 Å². The number of hydrogen-bond donors (Lipinski definition) is 1. The van der Waals surface area contributed by atoms with Crippen LogP contribution in [0.15, 0.2) is 28.7 Å². The molecule has 0 aliphatic carbocycles. The van der Waals surface area contributed by atoms with Gasteiger partial charge < -0.3 is 14.5 Å². The number of ether oxygens (including phenoxy) is 1. The van der Waals surface area contributed by atoms with Gasteiger partial charge in [0.2, 0.25) is 0 Å². The quantitative estimate of drug-likeness (QED) is 0.858. The van der Waals surface area contributed by atoms with Gasteiger partial charge in [-0.3, -0.25) is 0 Å². The van der Waals surface area contributed by atoms with Crippen molar-refractivity contribution in [2.45, 2.75) is 25.8 Å². The fourth-order valence-electron chi connectivity index (χ4n) is 2.11. The summed E-state index contributed by atoms with van der Waals surface area (Å²) in [6.07, 6.45) is 2.19. The highest BCUT2D eigenvalue weighted by Gasteiger charge is 2.15. The molecule has 92 valence electrons. The Balaban J connectivity index is 2.43. The number of para-hydroxylation sites is 1. The van der Waals surface area contributed by atoms with Crippen LogP contribution >= 0.6 is 0 Å². The maximum Gasteiger partial charge on any atom is 0.176 e. The molecule has 0 saturated carbocycles. The zero-order valence-corrected chi connectivity index (χ0v) is 10.6. The van der Waals surface area contributed by atoms with E-state index in [1.165, 1.54) is 0 Å². The minimum atomic E-state index is 0.275. The van der Waals surface area contributed by atoms with Crippen molar-refractivity contribution in [3.8, 4) is 5.75 Å². The summed E-state index contributed by atoms with van der Waals surface area (Å²) in [5.74, 6) is 1.77. The highest BCUT2D eigenvalue weighted by atomic mass is 16.5. The molecule has 1 aromatic heterocycles. The first kappa shape index (κ1) is 12.0. The van der Waals surface area contributed by atoms with E-state index < -0.39 is 0 Å². The maximum absolute atomic E-state index is 5.91. The number of rotatable bonds is 5. The Labute approximate surface area is 102 Å². The van der Waals surface area contributed by atoms with Crippen LogP contribution in [-0.2, 0) is 0 Å². The minimum Gasteiger partial charge on any atom is -0.493 e. The molecule has 1 atom stereocenters. The molecule has 3 heteroatoms. The molecule has 3 nitrogen and oxygen atoms in total. The van der Waals surface area contributed by atoms with Crippen LogP contribution in [0.2, 0.25) is 0 Å². The number of methoxy groups -OCH3 is 1. The van der Waals surface area contributed by atoms with Crippen molar-refractivity contribution < 1.29 is 9.15 Å². The Morgan fingerprint density at radius 2 is 2.24 bits per heavy atom. The largest absolute Gasteiger partial charge is 0.493 e. The molecule has 17 heavy (non-hydrogen) atoms. The Kier molecular flexibility index (Phi) is 3.69. The first-order chi connectivity index (χ1) is 8.30. The van der Waals surface area contributed by atoms with Crippen molar-refractivity contribution in [1.29, 1.82) is 0 Å². The predicted molar refractivity (Wildman–Crippen MR) is 69.5 cm³/mol. The zero-order chi connectivity index (χ0) is 12.3. The highest BCUT2D eigenvalue weighted by molar-refractivity contribution is 5.83. The molecule has 0 radical (unpaired) electrons. The molecule has 1 unspecified atom stereocenters. The normalized spacial score (nSPS) is 12.9. The second-order valence-corrected chi connectivity index (χ2v) is 4.16. The predicted octanol–water partition coefficient (Wildman–Crippen LogP) is 3.50. The average molecular weight is 233 g/mol. The lowest BCUT2D eigenvalue weighted by molar-refractivity contribution is 0.394. The molecule has 0 aliphatic heterocycles. The van der Waals surface area contributed by atoms with E-state index in [1.807, 2.05) is 25.2 Å². The number of furan rings is 1. The van der Waals surface area contributed by atoms with Crippen LogP contribution in [0.1, 0.15) is 31.6 Å². The van der Waals surface area contributed by atoms with Crippen molar-refractivity contribution in [3.63, 3.8) is 0 Å². The van der Waals surface area contributed by atoms with Crippen LogP contribution in [0, 0.1) is 0 Å². The second kappa shape index (κ2) is 5.23. The van der Waals surface area contributed by atoms with E-state index in [0.717, 1.165) is 35.3 Å². The van der Waals surface area contributed by atoms with Crippen LogP contribution < -0.4 is 10.1 Å². The molecular formula is C14H19NO2. The summed E-state index contributed by atoms with van der Waals surface area (Å²) in [4.78, 5) is 0. The van der Waals surface area contributed by atoms with Crippen LogP contribution in [0.25, 0.3) is 11.0 Å². The minimum absolute atomic E-state index is 0.275. The molecule has 0 fully saturated rings. The van der Waals surface area contributed by atoms with E-state index in [0.29, 0.717) is 0 Å². The molecule has 1 heterocycles. The summed E-state index contributed by atoms with van der Waals surface area (Å²) >= 11 is 0. The molecule has 1 aromatic carbocycles. The van der Waals surface area contributed by atoms with Gasteiger partial charge in [-0.15, -0.1) is 0 Å². The average Bonchev–Trinajstić information content (AvgIpc) is 2.79. The smallest absolute Gasteiger partial charge is 0.176 e. The summed E-state index contributed by atoms with van der Waals surface area (Å²) in [6.45, 7) is 2.17. The van der Waals surface area contributed by atoms with Gasteiger partial charge in [-0.05, 0) is 25.6 Å².